The molecule has 1 saturated heterocycles. The highest BCUT2D eigenvalue weighted by Gasteiger charge is 2.24. The first-order chi connectivity index (χ1) is 8.59. The van der Waals surface area contributed by atoms with Crippen molar-refractivity contribution in [2.45, 2.75) is 19.4 Å². The lowest BCUT2D eigenvalue weighted by molar-refractivity contribution is 0.100. The van der Waals surface area contributed by atoms with Crippen LogP contribution in [0.5, 0.6) is 0 Å². The topological polar surface area (TPSA) is 90.4 Å². The number of carbonyl (C=O) groups excluding carboxylic acids is 1. The molecule has 0 radical (unpaired) electrons. The van der Waals surface area contributed by atoms with Crippen LogP contribution >= 0.6 is 0 Å². The van der Waals surface area contributed by atoms with Gasteiger partial charge in [-0.05, 0) is 25.5 Å². The van der Waals surface area contributed by atoms with Crippen molar-refractivity contribution in [2.75, 3.05) is 24.2 Å². The number of hydrogen-bond donors (Lipinski definition) is 3. The Kier molecular flexibility index (Phi) is 3.72. The molecule has 1 aliphatic rings. The van der Waals surface area contributed by atoms with Crippen LogP contribution in [0.4, 0.5) is 11.4 Å². The molecule has 2 atom stereocenters. The number of para-hydroxylation sites is 1. The van der Waals surface area contributed by atoms with Crippen LogP contribution in [-0.4, -0.2) is 25.2 Å². The number of amides is 1. The zero-order chi connectivity index (χ0) is 13.1. The average Bonchev–Trinajstić information content (AvgIpc) is 2.73. The highest BCUT2D eigenvalue weighted by Crippen LogP contribution is 2.26. The van der Waals surface area contributed by atoms with Gasteiger partial charge in [-0.25, -0.2) is 0 Å². The van der Waals surface area contributed by atoms with Gasteiger partial charge in [0.15, 0.2) is 0 Å². The highest BCUT2D eigenvalue weighted by atomic mass is 16.5. The van der Waals surface area contributed by atoms with E-state index in [1.54, 1.807) is 18.2 Å². The number of ether oxygens (including phenoxy) is 1. The smallest absolute Gasteiger partial charge is 0.250 e. The molecule has 1 fully saturated rings. The summed E-state index contributed by atoms with van der Waals surface area (Å²) >= 11 is 0. The van der Waals surface area contributed by atoms with E-state index in [1.165, 1.54) is 0 Å². The second-order valence-electron chi connectivity index (χ2n) is 4.64. The van der Waals surface area contributed by atoms with Crippen molar-refractivity contribution >= 4 is 17.3 Å². The molecular formula is C13H19N3O2. The molecule has 5 heteroatoms. The Hall–Kier alpha value is -1.75. The third-order valence-electron chi connectivity index (χ3n) is 3.44. The predicted octanol–water partition coefficient (Wildman–Crippen LogP) is 1.20. The number of rotatable bonds is 4. The first-order valence-corrected chi connectivity index (χ1v) is 6.13. The zero-order valence-electron chi connectivity index (χ0n) is 10.5. The SMILES string of the molecule is CC1OCCC1CNc1c(N)cccc1C(N)=O. The van der Waals surface area contributed by atoms with E-state index in [1.807, 2.05) is 0 Å². The van der Waals surface area contributed by atoms with Crippen molar-refractivity contribution in [3.05, 3.63) is 23.8 Å². The van der Waals surface area contributed by atoms with E-state index in [2.05, 4.69) is 12.2 Å². The van der Waals surface area contributed by atoms with Crippen molar-refractivity contribution in [2.24, 2.45) is 11.7 Å². The fourth-order valence-electron chi connectivity index (χ4n) is 2.25. The van der Waals surface area contributed by atoms with E-state index in [9.17, 15) is 4.79 Å². The first-order valence-electron chi connectivity index (χ1n) is 6.13. The minimum absolute atomic E-state index is 0.236. The normalized spacial score (nSPS) is 22.9. The maximum atomic E-state index is 11.3. The molecule has 0 bridgehead atoms. The number of nitrogens with one attached hydrogen (secondary N) is 1. The summed E-state index contributed by atoms with van der Waals surface area (Å²) in [6.45, 7) is 3.58. The van der Waals surface area contributed by atoms with Crippen LogP contribution in [0.1, 0.15) is 23.7 Å². The molecule has 0 saturated carbocycles. The molecule has 0 spiro atoms. The second-order valence-corrected chi connectivity index (χ2v) is 4.64. The van der Waals surface area contributed by atoms with Crippen molar-refractivity contribution < 1.29 is 9.53 Å². The summed E-state index contributed by atoms with van der Waals surface area (Å²) in [5.74, 6) is -0.0362. The fourth-order valence-corrected chi connectivity index (χ4v) is 2.25. The fraction of sp³-hybridized carbons (Fsp3) is 0.462. The second kappa shape index (κ2) is 5.27. The molecule has 1 heterocycles. The van der Waals surface area contributed by atoms with Crippen LogP contribution in [0, 0.1) is 5.92 Å². The van der Waals surface area contributed by atoms with Gasteiger partial charge in [0, 0.05) is 19.1 Å². The summed E-state index contributed by atoms with van der Waals surface area (Å²) in [6, 6.07) is 5.15. The third-order valence-corrected chi connectivity index (χ3v) is 3.44. The third kappa shape index (κ3) is 2.56. The van der Waals surface area contributed by atoms with Gasteiger partial charge in [-0.15, -0.1) is 0 Å². The number of anilines is 2. The van der Waals surface area contributed by atoms with Crippen molar-refractivity contribution in [3.8, 4) is 0 Å². The Morgan fingerprint density at radius 3 is 2.94 bits per heavy atom. The van der Waals surface area contributed by atoms with Crippen LogP contribution in [0.15, 0.2) is 18.2 Å². The number of nitrogens with two attached hydrogens (primary N) is 2. The molecule has 1 aromatic rings. The predicted molar refractivity (Wildman–Crippen MR) is 71.4 cm³/mol. The van der Waals surface area contributed by atoms with Crippen LogP contribution in [0.25, 0.3) is 0 Å². The van der Waals surface area contributed by atoms with E-state index >= 15 is 0 Å². The van der Waals surface area contributed by atoms with Gasteiger partial charge in [-0.3, -0.25) is 4.79 Å². The summed E-state index contributed by atoms with van der Waals surface area (Å²) in [7, 11) is 0. The molecule has 2 unspecified atom stereocenters. The standard InChI is InChI=1S/C13H19N3O2/c1-8-9(5-6-18-8)7-16-12-10(13(15)17)3-2-4-11(12)14/h2-4,8-9,16H,5-7,14H2,1H3,(H2,15,17). The van der Waals surface area contributed by atoms with E-state index in [4.69, 9.17) is 16.2 Å². The molecular weight excluding hydrogens is 230 g/mol. The quantitative estimate of drug-likeness (QED) is 0.699. The van der Waals surface area contributed by atoms with Gasteiger partial charge in [-0.1, -0.05) is 6.07 Å². The largest absolute Gasteiger partial charge is 0.397 e. The lowest BCUT2D eigenvalue weighted by Crippen LogP contribution is -2.23. The minimum Gasteiger partial charge on any atom is -0.397 e. The Bertz CT molecular complexity index is 448. The van der Waals surface area contributed by atoms with Gasteiger partial charge in [0.05, 0.1) is 23.0 Å². The molecule has 1 amide bonds. The van der Waals surface area contributed by atoms with Crippen molar-refractivity contribution in [1.82, 2.24) is 0 Å². The Morgan fingerprint density at radius 1 is 1.56 bits per heavy atom. The van der Waals surface area contributed by atoms with Gasteiger partial charge in [0.1, 0.15) is 0 Å². The van der Waals surface area contributed by atoms with E-state index < -0.39 is 5.91 Å². The van der Waals surface area contributed by atoms with Crippen molar-refractivity contribution in [3.63, 3.8) is 0 Å². The number of benzene rings is 1. The number of carbonyl (C=O) groups is 1. The summed E-state index contributed by atoms with van der Waals surface area (Å²) in [5, 5.41) is 3.23. The van der Waals surface area contributed by atoms with Gasteiger partial charge in [0.25, 0.3) is 5.91 Å². The Morgan fingerprint density at radius 2 is 2.33 bits per heavy atom. The number of primary amides is 1. The van der Waals surface area contributed by atoms with Crippen molar-refractivity contribution in [1.29, 1.82) is 0 Å². The van der Waals surface area contributed by atoms with E-state index in [0.717, 1.165) is 19.6 Å². The van der Waals surface area contributed by atoms with Crippen LogP contribution in [-0.2, 0) is 4.74 Å². The maximum absolute atomic E-state index is 11.3. The molecule has 5 nitrogen and oxygen atoms in total. The molecule has 18 heavy (non-hydrogen) atoms. The van der Waals surface area contributed by atoms with Crippen LogP contribution in [0.2, 0.25) is 0 Å². The zero-order valence-corrected chi connectivity index (χ0v) is 10.5. The van der Waals surface area contributed by atoms with E-state index in [-0.39, 0.29) is 6.10 Å². The average molecular weight is 249 g/mol. The number of nitrogen functional groups attached to an aromatic ring is 1. The minimum atomic E-state index is -0.472. The molecule has 1 aromatic carbocycles. The summed E-state index contributed by atoms with van der Waals surface area (Å²) in [5.41, 5.74) is 12.8. The molecule has 5 N–H and O–H groups in total. The lowest BCUT2D eigenvalue weighted by Gasteiger charge is -2.18. The van der Waals surface area contributed by atoms with Crippen LogP contribution in [0.3, 0.4) is 0 Å². The van der Waals surface area contributed by atoms with Gasteiger partial charge < -0.3 is 21.5 Å². The van der Waals surface area contributed by atoms with E-state index in [0.29, 0.717) is 22.9 Å². The van der Waals surface area contributed by atoms with Gasteiger partial charge >= 0.3 is 0 Å². The molecule has 98 valence electrons. The molecule has 0 aromatic heterocycles. The molecule has 0 aliphatic carbocycles. The Balaban J connectivity index is 2.11. The highest BCUT2D eigenvalue weighted by molar-refractivity contribution is 6.01. The lowest BCUT2D eigenvalue weighted by atomic mass is 10.0. The van der Waals surface area contributed by atoms with Crippen LogP contribution < -0.4 is 16.8 Å². The van der Waals surface area contributed by atoms with Gasteiger partial charge in [-0.2, -0.15) is 0 Å². The molecule has 1 aliphatic heterocycles. The Labute approximate surface area is 106 Å². The summed E-state index contributed by atoms with van der Waals surface area (Å²) < 4.78 is 5.50. The summed E-state index contributed by atoms with van der Waals surface area (Å²) in [6.07, 6.45) is 1.26. The first kappa shape index (κ1) is 12.7. The monoisotopic (exact) mass is 249 g/mol. The molecule has 2 rings (SSSR count). The number of hydrogen-bond acceptors (Lipinski definition) is 4. The maximum Gasteiger partial charge on any atom is 0.250 e. The summed E-state index contributed by atoms with van der Waals surface area (Å²) in [4.78, 5) is 11.3. The van der Waals surface area contributed by atoms with Gasteiger partial charge in [0.2, 0.25) is 0 Å².